The van der Waals surface area contributed by atoms with E-state index in [2.05, 4.69) is 4.98 Å². The zero-order chi connectivity index (χ0) is 18.0. The summed E-state index contributed by atoms with van der Waals surface area (Å²) in [5, 5.41) is 0.184. The second-order valence-electron chi connectivity index (χ2n) is 7.06. The number of aryl methyl sites for hydroxylation is 1. The molecule has 0 saturated heterocycles. The van der Waals surface area contributed by atoms with Gasteiger partial charge in [-0.15, -0.1) is 0 Å². The quantitative estimate of drug-likeness (QED) is 0.738. The number of pyridine rings is 1. The molecule has 1 aromatic heterocycles. The molecule has 7 heteroatoms. The van der Waals surface area contributed by atoms with Crippen molar-refractivity contribution in [1.29, 1.82) is 0 Å². The van der Waals surface area contributed by atoms with Crippen LogP contribution in [0.5, 0.6) is 0 Å². The van der Waals surface area contributed by atoms with Crippen LogP contribution in [0.25, 0.3) is 0 Å². The van der Waals surface area contributed by atoms with Gasteiger partial charge in [0.1, 0.15) is 11.2 Å². The van der Waals surface area contributed by atoms with Crippen molar-refractivity contribution in [2.75, 3.05) is 4.90 Å². The molecule has 6 nitrogen and oxygen atoms in total. The van der Waals surface area contributed by atoms with Gasteiger partial charge < -0.3 is 9.47 Å². The molecule has 0 fully saturated rings. The van der Waals surface area contributed by atoms with E-state index >= 15 is 0 Å². The molecule has 1 heterocycles. The van der Waals surface area contributed by atoms with Gasteiger partial charge in [0.25, 0.3) is 0 Å². The first kappa shape index (κ1) is 19.2. The van der Waals surface area contributed by atoms with Gasteiger partial charge in [0.2, 0.25) is 0 Å². The average molecular weight is 343 g/mol. The van der Waals surface area contributed by atoms with Crippen LogP contribution >= 0.6 is 11.6 Å². The summed E-state index contributed by atoms with van der Waals surface area (Å²) in [5.74, 6) is -0.0184. The summed E-state index contributed by atoms with van der Waals surface area (Å²) in [4.78, 5) is 29.7. The lowest BCUT2D eigenvalue weighted by Crippen LogP contribution is -2.44. The molecule has 0 spiro atoms. The zero-order valence-electron chi connectivity index (χ0n) is 14.6. The minimum Gasteiger partial charge on any atom is -0.443 e. The number of hydrogen-bond acceptors (Lipinski definition) is 5. The highest BCUT2D eigenvalue weighted by atomic mass is 35.5. The average Bonchev–Trinajstić information content (AvgIpc) is 2.30. The number of aromatic nitrogens is 1. The Kier molecular flexibility index (Phi) is 5.64. The molecule has 0 aliphatic heterocycles. The number of rotatable bonds is 1. The van der Waals surface area contributed by atoms with Gasteiger partial charge in [-0.1, -0.05) is 11.6 Å². The van der Waals surface area contributed by atoms with Crippen LogP contribution in [-0.2, 0) is 9.47 Å². The normalized spacial score (nSPS) is 11.8. The van der Waals surface area contributed by atoms with Crippen LogP contribution in [0.4, 0.5) is 15.4 Å². The highest BCUT2D eigenvalue weighted by Crippen LogP contribution is 2.29. The van der Waals surface area contributed by atoms with Crippen molar-refractivity contribution in [2.45, 2.75) is 59.7 Å². The maximum atomic E-state index is 12.5. The Balaban J connectivity index is 3.29. The predicted molar refractivity (Wildman–Crippen MR) is 88.9 cm³/mol. The van der Waals surface area contributed by atoms with Crippen LogP contribution in [-0.4, -0.2) is 28.4 Å². The van der Waals surface area contributed by atoms with Gasteiger partial charge in [0.15, 0.2) is 5.82 Å². The minimum atomic E-state index is -0.897. The fourth-order valence-corrected chi connectivity index (χ4v) is 1.74. The van der Waals surface area contributed by atoms with E-state index in [1.54, 1.807) is 54.5 Å². The number of carbonyl (C=O) groups is 2. The van der Waals surface area contributed by atoms with Gasteiger partial charge in [-0.2, -0.15) is 4.90 Å². The molecule has 1 aromatic rings. The summed E-state index contributed by atoms with van der Waals surface area (Å²) in [5.41, 5.74) is -0.893. The van der Waals surface area contributed by atoms with E-state index in [-0.39, 0.29) is 10.8 Å². The maximum absolute atomic E-state index is 12.5. The molecule has 0 unspecified atom stereocenters. The SMILES string of the molecule is Cc1ccnc(N(C(=O)OC(C)(C)C)C(=O)OC(C)(C)C)c1Cl. The Morgan fingerprint density at radius 3 is 1.87 bits per heavy atom. The number of amides is 2. The van der Waals surface area contributed by atoms with Crippen molar-refractivity contribution in [3.05, 3.63) is 22.8 Å². The van der Waals surface area contributed by atoms with Gasteiger partial charge >= 0.3 is 12.2 Å². The number of halogens is 1. The van der Waals surface area contributed by atoms with Crippen molar-refractivity contribution >= 4 is 29.6 Å². The monoisotopic (exact) mass is 342 g/mol. The summed E-state index contributed by atoms with van der Waals surface area (Å²) in [7, 11) is 0. The fraction of sp³-hybridized carbons (Fsp3) is 0.562. The van der Waals surface area contributed by atoms with Gasteiger partial charge in [-0.25, -0.2) is 14.6 Å². The minimum absolute atomic E-state index is 0.0184. The lowest BCUT2D eigenvalue weighted by molar-refractivity contribution is 0.0429. The van der Waals surface area contributed by atoms with Crippen LogP contribution in [0.15, 0.2) is 12.3 Å². The lowest BCUT2D eigenvalue weighted by atomic mass is 10.2. The van der Waals surface area contributed by atoms with Gasteiger partial charge in [-0.3, -0.25) is 0 Å². The van der Waals surface area contributed by atoms with E-state index < -0.39 is 23.4 Å². The highest BCUT2D eigenvalue weighted by Gasteiger charge is 2.35. The summed E-state index contributed by atoms with van der Waals surface area (Å²) >= 11 is 6.20. The number of anilines is 1. The molecule has 0 aliphatic carbocycles. The summed E-state index contributed by atoms with van der Waals surface area (Å²) in [6.45, 7) is 11.9. The zero-order valence-corrected chi connectivity index (χ0v) is 15.3. The molecule has 128 valence electrons. The van der Waals surface area contributed by atoms with Crippen LogP contribution in [0.3, 0.4) is 0 Å². The van der Waals surface area contributed by atoms with E-state index in [9.17, 15) is 9.59 Å². The van der Waals surface area contributed by atoms with Gasteiger partial charge in [0.05, 0.1) is 5.02 Å². The fourth-order valence-electron chi connectivity index (χ4n) is 1.54. The molecule has 23 heavy (non-hydrogen) atoms. The van der Waals surface area contributed by atoms with Crippen molar-refractivity contribution in [1.82, 2.24) is 4.98 Å². The summed E-state index contributed by atoms with van der Waals surface area (Å²) in [6.07, 6.45) is -0.336. The number of ether oxygens (including phenoxy) is 2. The molecule has 0 radical (unpaired) electrons. The third-order valence-corrected chi connectivity index (χ3v) is 2.89. The topological polar surface area (TPSA) is 68.7 Å². The molecule has 0 bridgehead atoms. The first-order valence-electron chi connectivity index (χ1n) is 7.19. The molecule has 0 atom stereocenters. The smallest absolute Gasteiger partial charge is 0.425 e. The lowest BCUT2D eigenvalue weighted by Gasteiger charge is -2.28. The third-order valence-electron chi connectivity index (χ3n) is 2.43. The first-order valence-corrected chi connectivity index (χ1v) is 7.57. The van der Waals surface area contributed by atoms with E-state index in [4.69, 9.17) is 21.1 Å². The molecule has 2 amide bonds. The Morgan fingerprint density at radius 1 is 1.04 bits per heavy atom. The van der Waals surface area contributed by atoms with Crippen LogP contribution in [0, 0.1) is 6.92 Å². The Hall–Kier alpha value is -1.82. The van der Waals surface area contributed by atoms with Crippen molar-refractivity contribution in [2.24, 2.45) is 0 Å². The molecule has 0 aromatic carbocycles. The van der Waals surface area contributed by atoms with E-state index in [0.29, 0.717) is 10.5 Å². The number of nitrogens with zero attached hydrogens (tertiary/aromatic N) is 2. The molecule has 0 aliphatic rings. The standard InChI is InChI=1S/C16H23ClN2O4/c1-10-8-9-18-12(11(10)17)19(13(20)22-15(2,3)4)14(21)23-16(5,6)7/h8-9H,1-7H3. The summed E-state index contributed by atoms with van der Waals surface area (Å²) < 4.78 is 10.5. The van der Waals surface area contributed by atoms with E-state index in [1.807, 2.05) is 0 Å². The number of imide groups is 1. The maximum Gasteiger partial charge on any atom is 0.425 e. The van der Waals surface area contributed by atoms with E-state index in [0.717, 1.165) is 0 Å². The van der Waals surface area contributed by atoms with Crippen LogP contribution < -0.4 is 4.90 Å². The number of hydrogen-bond donors (Lipinski definition) is 0. The van der Waals surface area contributed by atoms with Crippen molar-refractivity contribution in [3.8, 4) is 0 Å². The van der Waals surface area contributed by atoms with Crippen molar-refractivity contribution in [3.63, 3.8) is 0 Å². The Morgan fingerprint density at radius 2 is 1.48 bits per heavy atom. The molecular formula is C16H23ClN2O4. The summed E-state index contributed by atoms with van der Waals surface area (Å²) in [6, 6.07) is 1.67. The van der Waals surface area contributed by atoms with Crippen LogP contribution in [0.1, 0.15) is 47.1 Å². The second-order valence-corrected chi connectivity index (χ2v) is 7.44. The van der Waals surface area contributed by atoms with Gasteiger partial charge in [-0.05, 0) is 60.1 Å². The van der Waals surface area contributed by atoms with E-state index in [1.165, 1.54) is 6.20 Å². The highest BCUT2D eigenvalue weighted by molar-refractivity contribution is 6.35. The number of carbonyl (C=O) groups excluding carboxylic acids is 2. The second kappa shape index (κ2) is 6.74. The molecule has 0 N–H and O–H groups in total. The van der Waals surface area contributed by atoms with Crippen LogP contribution in [0.2, 0.25) is 5.02 Å². The Labute approximate surface area is 141 Å². The molecular weight excluding hydrogens is 320 g/mol. The van der Waals surface area contributed by atoms with Crippen molar-refractivity contribution < 1.29 is 19.1 Å². The molecule has 1 rings (SSSR count). The largest absolute Gasteiger partial charge is 0.443 e. The Bertz CT molecular complexity index is 575. The molecule has 0 saturated carbocycles. The first-order chi connectivity index (χ1) is 10.3. The predicted octanol–water partition coefficient (Wildman–Crippen LogP) is 4.72. The third kappa shape index (κ3) is 5.71. The van der Waals surface area contributed by atoms with Gasteiger partial charge in [0, 0.05) is 6.20 Å².